The number of rotatable bonds is 4. The standard InChI is InChI=1S/C16H22N4O/c1-19-11-14(9-18-19)16-6-5-13(8-17-16)10-20-7-3-4-15(12-20)21-2/h5-6,8-9,11,15H,3-4,7,10,12H2,1-2H3. The Bertz CT molecular complexity index is 578. The van der Waals surface area contributed by atoms with E-state index in [0.717, 1.165) is 30.9 Å². The molecule has 0 N–H and O–H groups in total. The number of ether oxygens (including phenoxy) is 1. The topological polar surface area (TPSA) is 43.2 Å². The number of piperidine rings is 1. The highest BCUT2D eigenvalue weighted by Crippen LogP contribution is 2.18. The van der Waals surface area contributed by atoms with Gasteiger partial charge in [-0.1, -0.05) is 6.07 Å². The number of methoxy groups -OCH3 is 1. The van der Waals surface area contributed by atoms with E-state index in [2.05, 4.69) is 27.1 Å². The van der Waals surface area contributed by atoms with Crippen LogP contribution < -0.4 is 0 Å². The van der Waals surface area contributed by atoms with Gasteiger partial charge in [-0.25, -0.2) is 0 Å². The summed E-state index contributed by atoms with van der Waals surface area (Å²) in [4.78, 5) is 7.00. The maximum atomic E-state index is 5.47. The van der Waals surface area contributed by atoms with Gasteiger partial charge in [0, 0.05) is 45.2 Å². The summed E-state index contributed by atoms with van der Waals surface area (Å²) in [5.41, 5.74) is 3.28. The fourth-order valence-electron chi connectivity index (χ4n) is 2.85. The molecule has 1 aliphatic heterocycles. The van der Waals surface area contributed by atoms with Crippen LogP contribution in [0.1, 0.15) is 18.4 Å². The van der Waals surface area contributed by atoms with Gasteiger partial charge in [0.25, 0.3) is 0 Å². The Morgan fingerprint density at radius 2 is 2.24 bits per heavy atom. The molecule has 0 amide bonds. The van der Waals surface area contributed by atoms with Gasteiger partial charge in [-0.2, -0.15) is 5.10 Å². The molecule has 5 heteroatoms. The summed E-state index contributed by atoms with van der Waals surface area (Å²) >= 11 is 0. The predicted molar refractivity (Wildman–Crippen MR) is 81.7 cm³/mol. The minimum Gasteiger partial charge on any atom is -0.380 e. The fraction of sp³-hybridized carbons (Fsp3) is 0.500. The number of likely N-dealkylation sites (tertiary alicyclic amines) is 1. The minimum absolute atomic E-state index is 0.376. The van der Waals surface area contributed by atoms with Crippen molar-refractivity contribution in [2.24, 2.45) is 7.05 Å². The molecule has 112 valence electrons. The molecular formula is C16H22N4O. The van der Waals surface area contributed by atoms with Gasteiger partial charge >= 0.3 is 0 Å². The molecule has 1 atom stereocenters. The lowest BCUT2D eigenvalue weighted by molar-refractivity contribution is 0.0285. The van der Waals surface area contributed by atoms with Gasteiger partial charge in [-0.3, -0.25) is 14.6 Å². The third kappa shape index (κ3) is 3.49. The van der Waals surface area contributed by atoms with Crippen LogP contribution in [0.5, 0.6) is 0 Å². The highest BCUT2D eigenvalue weighted by atomic mass is 16.5. The molecule has 2 aromatic rings. The normalized spacial score (nSPS) is 19.8. The van der Waals surface area contributed by atoms with Crippen molar-refractivity contribution in [3.63, 3.8) is 0 Å². The minimum atomic E-state index is 0.376. The number of hydrogen-bond acceptors (Lipinski definition) is 4. The first kappa shape index (κ1) is 14.2. The summed E-state index contributed by atoms with van der Waals surface area (Å²) < 4.78 is 7.27. The molecule has 0 bridgehead atoms. The number of aromatic nitrogens is 3. The first-order valence-corrected chi connectivity index (χ1v) is 7.43. The first-order chi connectivity index (χ1) is 10.2. The van der Waals surface area contributed by atoms with Gasteiger partial charge in [0.15, 0.2) is 0 Å². The Balaban J connectivity index is 1.64. The van der Waals surface area contributed by atoms with Crippen molar-refractivity contribution in [1.29, 1.82) is 0 Å². The molecular weight excluding hydrogens is 264 g/mol. The lowest BCUT2D eigenvalue weighted by Crippen LogP contribution is -2.38. The van der Waals surface area contributed by atoms with E-state index in [4.69, 9.17) is 4.74 Å². The zero-order chi connectivity index (χ0) is 14.7. The lowest BCUT2D eigenvalue weighted by Gasteiger charge is -2.31. The molecule has 5 nitrogen and oxygen atoms in total. The van der Waals surface area contributed by atoms with E-state index in [-0.39, 0.29) is 0 Å². The summed E-state index contributed by atoms with van der Waals surface area (Å²) in [7, 11) is 3.72. The van der Waals surface area contributed by atoms with Crippen molar-refractivity contribution in [3.05, 3.63) is 36.3 Å². The Hall–Kier alpha value is -1.72. The van der Waals surface area contributed by atoms with E-state index >= 15 is 0 Å². The van der Waals surface area contributed by atoms with E-state index < -0.39 is 0 Å². The van der Waals surface area contributed by atoms with Crippen molar-refractivity contribution in [2.75, 3.05) is 20.2 Å². The van der Waals surface area contributed by atoms with E-state index in [9.17, 15) is 0 Å². The van der Waals surface area contributed by atoms with E-state index in [1.807, 2.05) is 25.6 Å². The van der Waals surface area contributed by atoms with Gasteiger partial charge in [0.05, 0.1) is 18.0 Å². The molecule has 3 rings (SSSR count). The maximum Gasteiger partial charge on any atom is 0.0733 e. The van der Waals surface area contributed by atoms with Crippen LogP contribution in [-0.2, 0) is 18.3 Å². The highest BCUT2D eigenvalue weighted by molar-refractivity contribution is 5.56. The molecule has 2 aromatic heterocycles. The average Bonchev–Trinajstić information content (AvgIpc) is 2.95. The van der Waals surface area contributed by atoms with Crippen LogP contribution in [0.4, 0.5) is 0 Å². The molecule has 1 saturated heterocycles. The first-order valence-electron chi connectivity index (χ1n) is 7.43. The smallest absolute Gasteiger partial charge is 0.0733 e. The van der Waals surface area contributed by atoms with E-state index in [0.29, 0.717) is 6.10 Å². The highest BCUT2D eigenvalue weighted by Gasteiger charge is 2.19. The van der Waals surface area contributed by atoms with Crippen molar-refractivity contribution in [2.45, 2.75) is 25.5 Å². The summed E-state index contributed by atoms with van der Waals surface area (Å²) in [5, 5.41) is 4.18. The Morgan fingerprint density at radius 3 is 2.90 bits per heavy atom. The van der Waals surface area contributed by atoms with E-state index in [1.165, 1.54) is 18.4 Å². The van der Waals surface area contributed by atoms with Crippen LogP contribution in [0.25, 0.3) is 11.3 Å². The third-order valence-electron chi connectivity index (χ3n) is 4.03. The summed E-state index contributed by atoms with van der Waals surface area (Å²) in [6.07, 6.45) is 8.55. The summed E-state index contributed by atoms with van der Waals surface area (Å²) in [6, 6.07) is 4.23. The van der Waals surface area contributed by atoms with Crippen molar-refractivity contribution in [3.8, 4) is 11.3 Å². The maximum absolute atomic E-state index is 5.47. The van der Waals surface area contributed by atoms with Gasteiger partial charge in [0.1, 0.15) is 0 Å². The summed E-state index contributed by atoms with van der Waals surface area (Å²) in [6.45, 7) is 3.10. The Morgan fingerprint density at radius 1 is 1.33 bits per heavy atom. The fourth-order valence-corrected chi connectivity index (χ4v) is 2.85. The number of nitrogens with zero attached hydrogens (tertiary/aromatic N) is 4. The van der Waals surface area contributed by atoms with Crippen molar-refractivity contribution >= 4 is 0 Å². The molecule has 0 radical (unpaired) electrons. The van der Waals surface area contributed by atoms with Crippen LogP contribution in [0.15, 0.2) is 30.7 Å². The second-order valence-electron chi connectivity index (χ2n) is 5.69. The second-order valence-corrected chi connectivity index (χ2v) is 5.69. The molecule has 1 fully saturated rings. The Kier molecular flexibility index (Phi) is 4.31. The molecule has 0 aromatic carbocycles. The van der Waals surface area contributed by atoms with E-state index in [1.54, 1.807) is 11.8 Å². The summed E-state index contributed by atoms with van der Waals surface area (Å²) in [5.74, 6) is 0. The van der Waals surface area contributed by atoms with Crippen LogP contribution in [-0.4, -0.2) is 46.0 Å². The molecule has 3 heterocycles. The number of aryl methyl sites for hydroxylation is 1. The second kappa shape index (κ2) is 6.37. The van der Waals surface area contributed by atoms with Crippen LogP contribution in [0.3, 0.4) is 0 Å². The monoisotopic (exact) mass is 286 g/mol. The third-order valence-corrected chi connectivity index (χ3v) is 4.03. The van der Waals surface area contributed by atoms with Gasteiger partial charge in [-0.15, -0.1) is 0 Å². The SMILES string of the molecule is COC1CCCN(Cc2ccc(-c3cnn(C)c3)nc2)C1. The zero-order valence-corrected chi connectivity index (χ0v) is 12.7. The quantitative estimate of drug-likeness (QED) is 0.863. The molecule has 0 saturated carbocycles. The molecule has 0 aliphatic carbocycles. The lowest BCUT2D eigenvalue weighted by atomic mass is 10.1. The predicted octanol–water partition coefficient (Wildman–Crippen LogP) is 2.09. The zero-order valence-electron chi connectivity index (χ0n) is 12.7. The molecule has 1 aliphatic rings. The van der Waals surface area contributed by atoms with Crippen LogP contribution in [0, 0.1) is 0 Å². The molecule has 1 unspecified atom stereocenters. The average molecular weight is 286 g/mol. The van der Waals surface area contributed by atoms with Crippen LogP contribution in [0.2, 0.25) is 0 Å². The van der Waals surface area contributed by atoms with Gasteiger partial charge in [0.2, 0.25) is 0 Å². The number of pyridine rings is 1. The molecule has 21 heavy (non-hydrogen) atoms. The number of hydrogen-bond donors (Lipinski definition) is 0. The van der Waals surface area contributed by atoms with Crippen LogP contribution >= 0.6 is 0 Å². The molecule has 0 spiro atoms. The van der Waals surface area contributed by atoms with Crippen molar-refractivity contribution in [1.82, 2.24) is 19.7 Å². The van der Waals surface area contributed by atoms with Crippen molar-refractivity contribution < 1.29 is 4.74 Å². The Labute approximate surface area is 125 Å². The van der Waals surface area contributed by atoms with Gasteiger partial charge < -0.3 is 4.74 Å². The largest absolute Gasteiger partial charge is 0.380 e. The van der Waals surface area contributed by atoms with Gasteiger partial charge in [-0.05, 0) is 31.0 Å².